The van der Waals surface area contributed by atoms with E-state index >= 15 is 0 Å². The zero-order chi connectivity index (χ0) is 19.9. The molecule has 1 aromatic heterocycles. The van der Waals surface area contributed by atoms with Crippen molar-refractivity contribution >= 4 is 17.7 Å². The number of methoxy groups -OCH3 is 1. The van der Waals surface area contributed by atoms with E-state index in [-0.39, 0.29) is 11.2 Å². The number of nitrogens with zero attached hydrogens (tertiary/aromatic N) is 3. The molecule has 1 N–H and O–H groups in total. The maximum absolute atomic E-state index is 12.4. The summed E-state index contributed by atoms with van der Waals surface area (Å²) in [6, 6.07) is 17.8. The lowest BCUT2D eigenvalue weighted by Crippen LogP contribution is -2.32. The Morgan fingerprint density at radius 1 is 1.14 bits per heavy atom. The fraction of sp³-hybridized carbons (Fsp3) is 0.286. The summed E-state index contributed by atoms with van der Waals surface area (Å²) in [5, 5.41) is 12.0. The predicted molar refractivity (Wildman–Crippen MR) is 111 cm³/mol. The normalized spacial score (nSPS) is 11.8. The highest BCUT2D eigenvalue weighted by Crippen LogP contribution is 2.25. The number of thioether (sulfide) groups is 1. The van der Waals surface area contributed by atoms with Gasteiger partial charge in [-0.05, 0) is 31.0 Å². The molecule has 7 heteroatoms. The van der Waals surface area contributed by atoms with Crippen LogP contribution in [0.15, 0.2) is 59.8 Å². The van der Waals surface area contributed by atoms with Crippen LogP contribution in [0.4, 0.5) is 0 Å². The molecule has 0 spiro atoms. The minimum absolute atomic E-state index is 0.0113. The first-order chi connectivity index (χ1) is 13.6. The van der Waals surface area contributed by atoms with Crippen LogP contribution in [0.1, 0.15) is 12.5 Å². The van der Waals surface area contributed by atoms with Gasteiger partial charge in [0.1, 0.15) is 5.75 Å². The fourth-order valence-corrected chi connectivity index (χ4v) is 3.57. The van der Waals surface area contributed by atoms with Gasteiger partial charge in [0.05, 0.1) is 12.4 Å². The topological polar surface area (TPSA) is 69.0 Å². The Morgan fingerprint density at radius 3 is 2.54 bits per heavy atom. The highest BCUT2D eigenvalue weighted by atomic mass is 32.2. The van der Waals surface area contributed by atoms with Crippen LogP contribution >= 0.6 is 11.8 Å². The zero-order valence-electron chi connectivity index (χ0n) is 16.3. The summed E-state index contributed by atoms with van der Waals surface area (Å²) >= 11 is 1.41. The smallest absolute Gasteiger partial charge is 0.233 e. The van der Waals surface area contributed by atoms with Gasteiger partial charge in [0, 0.05) is 19.2 Å². The summed E-state index contributed by atoms with van der Waals surface area (Å²) in [5.74, 6) is 1.61. The summed E-state index contributed by atoms with van der Waals surface area (Å²) in [7, 11) is 3.56. The van der Waals surface area contributed by atoms with Crippen LogP contribution in [0.25, 0.3) is 11.4 Å². The highest BCUT2D eigenvalue weighted by Gasteiger charge is 2.19. The molecule has 3 rings (SSSR count). The first-order valence-corrected chi connectivity index (χ1v) is 9.98. The van der Waals surface area contributed by atoms with Gasteiger partial charge in [0.25, 0.3) is 0 Å². The van der Waals surface area contributed by atoms with Gasteiger partial charge in [-0.25, -0.2) is 0 Å². The van der Waals surface area contributed by atoms with E-state index in [1.165, 1.54) is 11.8 Å². The van der Waals surface area contributed by atoms with Gasteiger partial charge in [-0.3, -0.25) is 4.79 Å². The number of hydrogen-bond donors (Lipinski definition) is 1. The lowest BCUT2D eigenvalue weighted by Gasteiger charge is -2.12. The molecule has 0 aliphatic carbocycles. The Bertz CT molecular complexity index is 910. The molecule has 0 aliphatic heterocycles. The Balaban J connectivity index is 1.52. The number of aromatic nitrogens is 3. The van der Waals surface area contributed by atoms with Crippen LogP contribution in [-0.2, 0) is 18.3 Å². The van der Waals surface area contributed by atoms with Crippen molar-refractivity contribution in [3.8, 4) is 17.1 Å². The minimum atomic E-state index is -0.262. The van der Waals surface area contributed by atoms with Gasteiger partial charge < -0.3 is 14.6 Å². The number of hydrogen-bond acceptors (Lipinski definition) is 5. The second-order valence-electron chi connectivity index (χ2n) is 6.38. The molecule has 0 aliphatic rings. The second kappa shape index (κ2) is 9.41. The molecule has 1 amide bonds. The maximum Gasteiger partial charge on any atom is 0.233 e. The highest BCUT2D eigenvalue weighted by molar-refractivity contribution is 8.00. The first-order valence-electron chi connectivity index (χ1n) is 9.10. The molecule has 0 bridgehead atoms. The largest absolute Gasteiger partial charge is 0.497 e. The van der Waals surface area contributed by atoms with E-state index in [0.29, 0.717) is 6.54 Å². The molecular weight excluding hydrogens is 372 g/mol. The van der Waals surface area contributed by atoms with Gasteiger partial charge in [-0.1, -0.05) is 54.2 Å². The standard InChI is InChI=1S/C21H24N4O2S/c1-15(20(26)22-14-13-16-9-11-18(27-3)12-10-16)28-21-24-23-19(25(21)2)17-7-5-4-6-8-17/h4-12,15H,13-14H2,1-3H3,(H,22,26)/t15-/m1/s1. The van der Waals surface area contributed by atoms with Crippen molar-refractivity contribution < 1.29 is 9.53 Å². The van der Waals surface area contributed by atoms with Crippen LogP contribution in [-0.4, -0.2) is 39.6 Å². The van der Waals surface area contributed by atoms with E-state index in [9.17, 15) is 4.79 Å². The number of benzene rings is 2. The number of carbonyl (C=O) groups excluding carboxylic acids is 1. The van der Waals surface area contributed by atoms with Gasteiger partial charge in [-0.2, -0.15) is 0 Å². The third kappa shape index (κ3) is 4.92. The number of nitrogens with one attached hydrogen (secondary N) is 1. The van der Waals surface area contributed by atoms with Crippen molar-refractivity contribution in [3.63, 3.8) is 0 Å². The van der Waals surface area contributed by atoms with E-state index in [0.717, 1.165) is 34.3 Å². The van der Waals surface area contributed by atoms with Crippen LogP contribution in [0.2, 0.25) is 0 Å². The van der Waals surface area contributed by atoms with Gasteiger partial charge in [0.15, 0.2) is 11.0 Å². The Labute approximate surface area is 169 Å². The van der Waals surface area contributed by atoms with Crippen molar-refractivity contribution in [2.45, 2.75) is 23.8 Å². The second-order valence-corrected chi connectivity index (χ2v) is 7.69. The summed E-state index contributed by atoms with van der Waals surface area (Å²) < 4.78 is 7.07. The van der Waals surface area contributed by atoms with Crippen molar-refractivity contribution in [1.82, 2.24) is 20.1 Å². The Hall–Kier alpha value is -2.80. The number of ether oxygens (including phenoxy) is 1. The van der Waals surface area contributed by atoms with E-state index in [2.05, 4.69) is 15.5 Å². The molecule has 1 heterocycles. The molecule has 6 nitrogen and oxygen atoms in total. The van der Waals surface area contributed by atoms with Crippen molar-refractivity contribution in [2.24, 2.45) is 7.05 Å². The van der Waals surface area contributed by atoms with Crippen LogP contribution in [0.5, 0.6) is 5.75 Å². The molecule has 0 radical (unpaired) electrons. The van der Waals surface area contributed by atoms with E-state index < -0.39 is 0 Å². The molecular formula is C21H24N4O2S. The third-order valence-corrected chi connectivity index (χ3v) is 5.52. The molecule has 0 saturated heterocycles. The average molecular weight is 397 g/mol. The molecule has 0 unspecified atom stereocenters. The van der Waals surface area contributed by atoms with Gasteiger partial charge in [-0.15, -0.1) is 10.2 Å². The summed E-state index contributed by atoms with van der Waals surface area (Å²) in [6.07, 6.45) is 0.773. The van der Waals surface area contributed by atoms with E-state index in [1.54, 1.807) is 7.11 Å². The predicted octanol–water partition coefficient (Wildman–Crippen LogP) is 3.33. The average Bonchev–Trinajstić information content (AvgIpc) is 3.09. The van der Waals surface area contributed by atoms with Gasteiger partial charge >= 0.3 is 0 Å². The summed E-state index contributed by atoms with van der Waals surface area (Å²) in [4.78, 5) is 12.4. The Morgan fingerprint density at radius 2 is 1.86 bits per heavy atom. The first kappa shape index (κ1) is 19.9. The quantitative estimate of drug-likeness (QED) is 0.592. The summed E-state index contributed by atoms with van der Waals surface area (Å²) in [5.41, 5.74) is 2.16. The van der Waals surface area contributed by atoms with Crippen LogP contribution in [0, 0.1) is 0 Å². The number of rotatable bonds is 8. The lowest BCUT2D eigenvalue weighted by atomic mass is 10.1. The van der Waals surface area contributed by atoms with Crippen molar-refractivity contribution in [3.05, 3.63) is 60.2 Å². The summed E-state index contributed by atoms with van der Waals surface area (Å²) in [6.45, 7) is 2.47. The molecule has 146 valence electrons. The molecule has 1 atom stereocenters. The van der Waals surface area contributed by atoms with E-state index in [1.807, 2.05) is 73.1 Å². The molecule has 3 aromatic rings. The Kier molecular flexibility index (Phi) is 6.71. The zero-order valence-corrected chi connectivity index (χ0v) is 17.1. The SMILES string of the molecule is COc1ccc(CCNC(=O)[C@@H](C)Sc2nnc(-c3ccccc3)n2C)cc1. The fourth-order valence-electron chi connectivity index (χ4n) is 2.73. The molecule has 28 heavy (non-hydrogen) atoms. The molecule has 0 fully saturated rings. The van der Waals surface area contributed by atoms with Crippen molar-refractivity contribution in [1.29, 1.82) is 0 Å². The van der Waals surface area contributed by atoms with Gasteiger partial charge in [0.2, 0.25) is 5.91 Å². The van der Waals surface area contributed by atoms with Crippen molar-refractivity contribution in [2.75, 3.05) is 13.7 Å². The molecule has 2 aromatic carbocycles. The lowest BCUT2D eigenvalue weighted by molar-refractivity contribution is -0.120. The minimum Gasteiger partial charge on any atom is -0.497 e. The van der Waals surface area contributed by atoms with Crippen LogP contribution in [0.3, 0.4) is 0 Å². The monoisotopic (exact) mass is 396 g/mol. The van der Waals surface area contributed by atoms with E-state index in [4.69, 9.17) is 4.74 Å². The van der Waals surface area contributed by atoms with Crippen LogP contribution < -0.4 is 10.1 Å². The number of amides is 1. The third-order valence-electron chi connectivity index (χ3n) is 4.39. The number of carbonyl (C=O) groups is 1. The maximum atomic E-state index is 12.4. The molecule has 0 saturated carbocycles.